The van der Waals surface area contributed by atoms with Crippen LogP contribution in [0.1, 0.15) is 23.6 Å². The van der Waals surface area contributed by atoms with Crippen LogP contribution in [0.4, 0.5) is 0 Å². The lowest BCUT2D eigenvalue weighted by atomic mass is 9.94. The summed E-state index contributed by atoms with van der Waals surface area (Å²) in [5.41, 5.74) is 0.539. The molecule has 0 aromatic heterocycles. The molecule has 1 unspecified atom stereocenters. The van der Waals surface area contributed by atoms with Crippen molar-refractivity contribution < 1.29 is 28.9 Å². The molecule has 1 fully saturated rings. The van der Waals surface area contributed by atoms with E-state index in [1.165, 1.54) is 25.2 Å². The number of nitrogens with zero attached hydrogens (tertiary/aromatic N) is 2. The lowest BCUT2D eigenvalue weighted by Crippen LogP contribution is -2.32. The molecule has 3 aromatic rings. The molecule has 0 bridgehead atoms. The van der Waals surface area contributed by atoms with E-state index >= 15 is 0 Å². The molecule has 1 atom stereocenters. The maximum Gasteiger partial charge on any atom is 0.295 e. The maximum absolute atomic E-state index is 13.5. The molecule has 210 valence electrons. The molecular formula is C30H30Cl2N2O6. The summed E-state index contributed by atoms with van der Waals surface area (Å²) in [7, 11) is 6.63. The minimum atomic E-state index is -0.897. The van der Waals surface area contributed by atoms with E-state index in [0.717, 1.165) is 0 Å². The molecule has 0 spiro atoms. The first-order valence-corrected chi connectivity index (χ1v) is 13.3. The number of para-hydroxylation sites is 1. The number of ketones is 1. The summed E-state index contributed by atoms with van der Waals surface area (Å²) in [6, 6.07) is 16.8. The lowest BCUT2D eigenvalue weighted by molar-refractivity contribution is -0.139. The third-order valence-corrected chi connectivity index (χ3v) is 7.12. The summed E-state index contributed by atoms with van der Waals surface area (Å²) >= 11 is 12.8. The number of likely N-dealkylation sites (tertiary alicyclic amines) is 1. The largest absolute Gasteiger partial charge is 0.507 e. The summed E-state index contributed by atoms with van der Waals surface area (Å²) < 4.78 is 16.7. The third kappa shape index (κ3) is 5.89. The molecule has 10 heteroatoms. The highest BCUT2D eigenvalue weighted by Crippen LogP contribution is 2.47. The first-order chi connectivity index (χ1) is 19.2. The second-order valence-corrected chi connectivity index (χ2v) is 10.2. The third-order valence-electron chi connectivity index (χ3n) is 6.49. The van der Waals surface area contributed by atoms with Gasteiger partial charge in [0.25, 0.3) is 11.7 Å². The topological polar surface area (TPSA) is 88.5 Å². The Hall–Kier alpha value is -3.72. The van der Waals surface area contributed by atoms with Crippen LogP contribution in [0.5, 0.6) is 23.0 Å². The van der Waals surface area contributed by atoms with Crippen LogP contribution in [0.15, 0.2) is 66.2 Å². The van der Waals surface area contributed by atoms with Crippen LogP contribution in [0.2, 0.25) is 10.0 Å². The van der Waals surface area contributed by atoms with E-state index in [1.807, 2.05) is 49.3 Å². The number of hydrogen-bond acceptors (Lipinski definition) is 7. The number of halogens is 2. The van der Waals surface area contributed by atoms with Crippen LogP contribution in [0.25, 0.3) is 5.76 Å². The Balaban J connectivity index is 1.87. The second kappa shape index (κ2) is 12.6. The van der Waals surface area contributed by atoms with Crippen molar-refractivity contribution in [3.63, 3.8) is 0 Å². The fraction of sp³-hybridized carbons (Fsp3) is 0.267. The summed E-state index contributed by atoms with van der Waals surface area (Å²) in [5.74, 6) is -0.655. The predicted molar refractivity (Wildman–Crippen MR) is 155 cm³/mol. The lowest BCUT2D eigenvalue weighted by Gasteiger charge is -2.26. The number of carbonyl (C=O) groups excluding carboxylic acids is 2. The average Bonchev–Trinajstić information content (AvgIpc) is 3.18. The molecule has 1 N–H and O–H groups in total. The fourth-order valence-corrected chi connectivity index (χ4v) is 5.37. The second-order valence-electron chi connectivity index (χ2n) is 9.42. The van der Waals surface area contributed by atoms with Crippen LogP contribution in [0.3, 0.4) is 0 Å². The molecule has 1 saturated heterocycles. The van der Waals surface area contributed by atoms with Crippen LogP contribution in [-0.2, 0) is 9.59 Å². The number of ether oxygens (including phenoxy) is 3. The van der Waals surface area contributed by atoms with Gasteiger partial charge >= 0.3 is 0 Å². The van der Waals surface area contributed by atoms with Crippen molar-refractivity contribution in [3.05, 3.63) is 87.4 Å². The van der Waals surface area contributed by atoms with Gasteiger partial charge in [-0.2, -0.15) is 0 Å². The Morgan fingerprint density at radius 2 is 1.62 bits per heavy atom. The van der Waals surface area contributed by atoms with Gasteiger partial charge in [0.05, 0.1) is 36.4 Å². The zero-order valence-electron chi connectivity index (χ0n) is 22.6. The number of aliphatic hydroxyl groups excluding tert-OH is 1. The van der Waals surface area contributed by atoms with Gasteiger partial charge in [0, 0.05) is 6.54 Å². The van der Waals surface area contributed by atoms with Crippen LogP contribution in [-0.4, -0.2) is 68.0 Å². The van der Waals surface area contributed by atoms with E-state index in [1.54, 1.807) is 24.3 Å². The highest BCUT2D eigenvalue weighted by atomic mass is 35.5. The van der Waals surface area contributed by atoms with Gasteiger partial charge in [-0.3, -0.25) is 9.59 Å². The number of carbonyl (C=O) groups is 2. The van der Waals surface area contributed by atoms with Gasteiger partial charge in [-0.1, -0.05) is 53.5 Å². The predicted octanol–water partition coefficient (Wildman–Crippen LogP) is 6.18. The quantitative estimate of drug-likeness (QED) is 0.173. The molecule has 0 aliphatic carbocycles. The molecule has 40 heavy (non-hydrogen) atoms. The Bertz CT molecular complexity index is 1440. The first-order valence-electron chi connectivity index (χ1n) is 12.5. The van der Waals surface area contributed by atoms with Crippen LogP contribution < -0.4 is 14.2 Å². The smallest absolute Gasteiger partial charge is 0.295 e. The van der Waals surface area contributed by atoms with Crippen molar-refractivity contribution in [1.29, 1.82) is 0 Å². The molecule has 1 amide bonds. The van der Waals surface area contributed by atoms with E-state index in [4.69, 9.17) is 37.4 Å². The number of amides is 1. The SMILES string of the molecule is COc1c(Cl)cc(/C(O)=C2\C(=O)C(=O)N(CCCN(C)C)C2c2cccc(Oc3ccccc3)c2)c(OC)c1Cl. The number of benzene rings is 3. The summed E-state index contributed by atoms with van der Waals surface area (Å²) in [6.07, 6.45) is 0.611. The van der Waals surface area contributed by atoms with Crippen molar-refractivity contribution in [3.8, 4) is 23.0 Å². The molecule has 1 heterocycles. The fourth-order valence-electron chi connectivity index (χ4n) is 4.68. The van der Waals surface area contributed by atoms with Gasteiger partial charge in [0.15, 0.2) is 11.5 Å². The number of aliphatic hydroxyl groups is 1. The summed E-state index contributed by atoms with van der Waals surface area (Å²) in [4.78, 5) is 30.3. The Kier molecular flexibility index (Phi) is 9.25. The highest BCUT2D eigenvalue weighted by Gasteiger charge is 2.46. The Morgan fingerprint density at radius 1 is 0.950 bits per heavy atom. The van der Waals surface area contributed by atoms with Crippen LogP contribution in [0, 0.1) is 0 Å². The minimum Gasteiger partial charge on any atom is -0.507 e. The van der Waals surface area contributed by atoms with Gasteiger partial charge in [-0.25, -0.2) is 0 Å². The van der Waals surface area contributed by atoms with Crippen molar-refractivity contribution in [2.75, 3.05) is 41.4 Å². The van der Waals surface area contributed by atoms with Gasteiger partial charge < -0.3 is 29.1 Å². The van der Waals surface area contributed by atoms with E-state index in [0.29, 0.717) is 30.0 Å². The van der Waals surface area contributed by atoms with Crippen molar-refractivity contribution in [2.24, 2.45) is 0 Å². The standard InChI is InChI=1S/C30H30Cl2N2O6/c1-33(2)14-9-15-34-25(18-10-8-13-20(16-18)40-19-11-6-5-7-12-19)23(27(36)30(34)37)26(35)21-17-22(31)29(39-4)24(32)28(21)38-3/h5-8,10-13,16-17,25,35H,9,14-15H2,1-4H3/b26-23+. The van der Waals surface area contributed by atoms with Crippen LogP contribution >= 0.6 is 23.2 Å². The van der Waals surface area contributed by atoms with Gasteiger partial charge in [0.1, 0.15) is 22.3 Å². The number of Topliss-reactive ketones (excluding diaryl/α,β-unsaturated/α-hetero) is 1. The highest BCUT2D eigenvalue weighted by molar-refractivity contribution is 6.47. The molecule has 1 aliphatic rings. The number of rotatable bonds is 10. The zero-order chi connectivity index (χ0) is 29.0. The molecule has 0 radical (unpaired) electrons. The molecule has 8 nitrogen and oxygen atoms in total. The molecular weight excluding hydrogens is 555 g/mol. The van der Waals surface area contributed by atoms with Gasteiger partial charge in [-0.05, 0) is 63.0 Å². The average molecular weight is 585 g/mol. The van der Waals surface area contributed by atoms with Crippen molar-refractivity contribution in [1.82, 2.24) is 9.80 Å². The van der Waals surface area contributed by atoms with E-state index in [-0.39, 0.29) is 39.2 Å². The molecule has 3 aromatic carbocycles. The maximum atomic E-state index is 13.5. The Labute approximate surface area is 243 Å². The normalized spacial score (nSPS) is 16.5. The monoisotopic (exact) mass is 584 g/mol. The summed E-state index contributed by atoms with van der Waals surface area (Å²) in [6.45, 7) is 0.986. The van der Waals surface area contributed by atoms with Crippen molar-refractivity contribution in [2.45, 2.75) is 12.5 Å². The van der Waals surface area contributed by atoms with Gasteiger partial charge in [-0.15, -0.1) is 0 Å². The van der Waals surface area contributed by atoms with E-state index < -0.39 is 23.5 Å². The first kappa shape index (κ1) is 29.3. The number of hydrogen-bond donors (Lipinski definition) is 1. The summed E-state index contributed by atoms with van der Waals surface area (Å²) in [5, 5.41) is 11.7. The van der Waals surface area contributed by atoms with Crippen molar-refractivity contribution >= 4 is 40.7 Å². The molecule has 1 aliphatic heterocycles. The molecule has 0 saturated carbocycles. The zero-order valence-corrected chi connectivity index (χ0v) is 24.1. The Morgan fingerprint density at radius 3 is 2.27 bits per heavy atom. The molecule has 4 rings (SSSR count). The van der Waals surface area contributed by atoms with Gasteiger partial charge in [0.2, 0.25) is 0 Å². The minimum absolute atomic E-state index is 0.0223. The van der Waals surface area contributed by atoms with E-state index in [9.17, 15) is 14.7 Å². The number of methoxy groups -OCH3 is 2. The van der Waals surface area contributed by atoms with E-state index in [2.05, 4.69) is 0 Å².